The minimum absolute atomic E-state index is 0.246. The van der Waals surface area contributed by atoms with E-state index in [1.165, 1.54) is 6.42 Å². The van der Waals surface area contributed by atoms with Gasteiger partial charge in [0.2, 0.25) is 10.0 Å². The number of rotatable bonds is 6. The van der Waals surface area contributed by atoms with E-state index in [2.05, 4.69) is 6.92 Å². The summed E-state index contributed by atoms with van der Waals surface area (Å²) in [6.45, 7) is 4.63. The molecule has 5 heteroatoms. The lowest BCUT2D eigenvalue weighted by molar-refractivity contribution is 0.127. The summed E-state index contributed by atoms with van der Waals surface area (Å²) in [6, 6.07) is 0. The van der Waals surface area contributed by atoms with E-state index in [-0.39, 0.29) is 11.3 Å². The van der Waals surface area contributed by atoms with Crippen LogP contribution in [0.2, 0.25) is 0 Å². The highest BCUT2D eigenvalue weighted by atomic mass is 32.2. The molecule has 1 fully saturated rings. The molecule has 108 valence electrons. The van der Waals surface area contributed by atoms with Crippen molar-refractivity contribution in [1.82, 2.24) is 4.31 Å². The SMILES string of the molecule is CCCCS(=O)(=O)N(C)C1(CN)CCCC(C)C1. The molecule has 0 bridgehead atoms. The average molecular weight is 276 g/mol. The summed E-state index contributed by atoms with van der Waals surface area (Å²) in [7, 11) is -1.44. The van der Waals surface area contributed by atoms with Crippen LogP contribution in [0.5, 0.6) is 0 Å². The van der Waals surface area contributed by atoms with Crippen LogP contribution in [0.15, 0.2) is 0 Å². The van der Waals surface area contributed by atoms with Gasteiger partial charge in [0.05, 0.1) is 5.75 Å². The Morgan fingerprint density at radius 3 is 2.61 bits per heavy atom. The van der Waals surface area contributed by atoms with Crippen LogP contribution in [0.4, 0.5) is 0 Å². The highest BCUT2D eigenvalue weighted by molar-refractivity contribution is 7.89. The summed E-state index contributed by atoms with van der Waals surface area (Å²) >= 11 is 0. The molecule has 0 radical (unpaired) electrons. The van der Waals surface area contributed by atoms with Crippen LogP contribution in [0.25, 0.3) is 0 Å². The van der Waals surface area contributed by atoms with Gasteiger partial charge < -0.3 is 5.73 Å². The number of likely N-dealkylation sites (N-methyl/N-ethyl adjacent to an activating group) is 1. The van der Waals surface area contributed by atoms with Crippen molar-refractivity contribution >= 4 is 10.0 Å². The van der Waals surface area contributed by atoms with Crippen LogP contribution >= 0.6 is 0 Å². The Labute approximate surface area is 112 Å². The Morgan fingerprint density at radius 1 is 1.44 bits per heavy atom. The van der Waals surface area contributed by atoms with E-state index >= 15 is 0 Å². The van der Waals surface area contributed by atoms with E-state index in [0.717, 1.165) is 32.1 Å². The highest BCUT2D eigenvalue weighted by Crippen LogP contribution is 2.37. The zero-order valence-electron chi connectivity index (χ0n) is 12.0. The van der Waals surface area contributed by atoms with Crippen molar-refractivity contribution in [2.75, 3.05) is 19.3 Å². The molecule has 1 saturated carbocycles. The maximum Gasteiger partial charge on any atom is 0.214 e. The third-order valence-corrected chi connectivity index (χ3v) is 6.31. The van der Waals surface area contributed by atoms with Crippen molar-refractivity contribution in [3.63, 3.8) is 0 Å². The molecule has 0 spiro atoms. The molecule has 2 unspecified atom stereocenters. The van der Waals surface area contributed by atoms with Crippen LogP contribution in [-0.4, -0.2) is 37.6 Å². The molecule has 0 saturated heterocycles. The number of sulfonamides is 1. The first-order valence-electron chi connectivity index (χ1n) is 7.05. The minimum atomic E-state index is -3.16. The minimum Gasteiger partial charge on any atom is -0.329 e. The second kappa shape index (κ2) is 6.35. The lowest BCUT2D eigenvalue weighted by Crippen LogP contribution is -2.57. The molecular formula is C13H28N2O2S. The van der Waals surface area contributed by atoms with Gasteiger partial charge in [-0.2, -0.15) is 4.31 Å². The van der Waals surface area contributed by atoms with Crippen molar-refractivity contribution in [3.8, 4) is 0 Å². The second-order valence-corrected chi connectivity index (χ2v) is 7.89. The van der Waals surface area contributed by atoms with Crippen molar-refractivity contribution in [1.29, 1.82) is 0 Å². The summed E-state index contributed by atoms with van der Waals surface area (Å²) in [5.41, 5.74) is 5.58. The summed E-state index contributed by atoms with van der Waals surface area (Å²) in [4.78, 5) is 0. The number of hydrogen-bond acceptors (Lipinski definition) is 3. The largest absolute Gasteiger partial charge is 0.329 e. The number of nitrogens with zero attached hydrogens (tertiary/aromatic N) is 1. The Hall–Kier alpha value is -0.130. The Kier molecular flexibility index (Phi) is 5.62. The van der Waals surface area contributed by atoms with Crippen molar-refractivity contribution in [3.05, 3.63) is 0 Å². The molecule has 1 aliphatic rings. The molecule has 1 rings (SSSR count). The molecule has 0 aromatic heterocycles. The first-order valence-corrected chi connectivity index (χ1v) is 8.65. The van der Waals surface area contributed by atoms with Crippen LogP contribution in [0.1, 0.15) is 52.4 Å². The van der Waals surface area contributed by atoms with Gasteiger partial charge in [-0.25, -0.2) is 8.42 Å². The van der Waals surface area contributed by atoms with Gasteiger partial charge in [0.1, 0.15) is 0 Å². The normalized spacial score (nSPS) is 29.7. The second-order valence-electron chi connectivity index (χ2n) is 5.77. The molecule has 4 nitrogen and oxygen atoms in total. The molecule has 0 amide bonds. The third-order valence-electron chi connectivity index (χ3n) is 4.29. The van der Waals surface area contributed by atoms with Gasteiger partial charge in [-0.15, -0.1) is 0 Å². The van der Waals surface area contributed by atoms with Crippen molar-refractivity contribution in [2.45, 2.75) is 57.9 Å². The van der Waals surface area contributed by atoms with E-state index in [9.17, 15) is 8.42 Å². The monoisotopic (exact) mass is 276 g/mol. The number of unbranched alkanes of at least 4 members (excludes halogenated alkanes) is 1. The maximum atomic E-state index is 12.3. The highest BCUT2D eigenvalue weighted by Gasteiger charge is 2.42. The smallest absolute Gasteiger partial charge is 0.214 e. The maximum absolute atomic E-state index is 12.3. The molecule has 0 heterocycles. The molecule has 0 aliphatic heterocycles. The third kappa shape index (κ3) is 3.45. The van der Waals surface area contributed by atoms with E-state index in [4.69, 9.17) is 5.73 Å². The van der Waals surface area contributed by atoms with Gasteiger partial charge >= 0.3 is 0 Å². The molecule has 18 heavy (non-hydrogen) atoms. The molecule has 0 aromatic rings. The van der Waals surface area contributed by atoms with Gasteiger partial charge in [-0.3, -0.25) is 0 Å². The zero-order chi connectivity index (χ0) is 13.8. The predicted molar refractivity (Wildman–Crippen MR) is 75.9 cm³/mol. The van der Waals surface area contributed by atoms with Gasteiger partial charge in [0, 0.05) is 19.1 Å². The van der Waals surface area contributed by atoms with E-state index in [0.29, 0.717) is 12.5 Å². The summed E-state index contributed by atoms with van der Waals surface area (Å²) < 4.78 is 26.2. The lowest BCUT2D eigenvalue weighted by Gasteiger charge is -2.45. The molecular weight excluding hydrogens is 248 g/mol. The Bertz CT molecular complexity index is 356. The molecule has 2 atom stereocenters. The average Bonchev–Trinajstić information content (AvgIpc) is 2.35. The van der Waals surface area contributed by atoms with Gasteiger partial charge in [0.15, 0.2) is 0 Å². The van der Waals surface area contributed by atoms with Gasteiger partial charge in [-0.1, -0.05) is 33.1 Å². The summed E-state index contributed by atoms with van der Waals surface area (Å²) in [5, 5.41) is 0. The van der Waals surface area contributed by atoms with Crippen LogP contribution < -0.4 is 5.73 Å². The molecule has 1 aliphatic carbocycles. The fraction of sp³-hybridized carbons (Fsp3) is 1.00. The van der Waals surface area contributed by atoms with Crippen molar-refractivity contribution < 1.29 is 8.42 Å². The standard InChI is InChI=1S/C13H28N2O2S/c1-4-5-9-18(16,17)15(3)13(11-14)8-6-7-12(2)10-13/h12H,4-11,14H2,1-3H3. The summed E-state index contributed by atoms with van der Waals surface area (Å²) in [5.74, 6) is 0.807. The predicted octanol–water partition coefficient (Wildman–Crippen LogP) is 1.96. The lowest BCUT2D eigenvalue weighted by atomic mass is 9.76. The van der Waals surface area contributed by atoms with Crippen LogP contribution in [0.3, 0.4) is 0 Å². The first kappa shape index (κ1) is 15.9. The molecule has 0 aromatic carbocycles. The van der Waals surface area contributed by atoms with E-state index in [1.54, 1.807) is 11.4 Å². The first-order chi connectivity index (χ1) is 8.38. The Morgan fingerprint density at radius 2 is 2.11 bits per heavy atom. The fourth-order valence-electron chi connectivity index (χ4n) is 2.99. The van der Waals surface area contributed by atoms with Crippen LogP contribution in [0, 0.1) is 5.92 Å². The van der Waals surface area contributed by atoms with E-state index < -0.39 is 10.0 Å². The fourth-order valence-corrected chi connectivity index (χ4v) is 4.75. The number of nitrogens with two attached hydrogens (primary N) is 1. The Balaban J connectivity index is 2.87. The number of hydrogen-bond donors (Lipinski definition) is 1. The van der Waals surface area contributed by atoms with Gasteiger partial charge in [-0.05, 0) is 25.2 Å². The van der Waals surface area contributed by atoms with Crippen LogP contribution in [-0.2, 0) is 10.0 Å². The topological polar surface area (TPSA) is 63.4 Å². The quantitative estimate of drug-likeness (QED) is 0.806. The van der Waals surface area contributed by atoms with Gasteiger partial charge in [0.25, 0.3) is 0 Å². The summed E-state index contributed by atoms with van der Waals surface area (Å²) in [6.07, 6.45) is 5.68. The zero-order valence-corrected chi connectivity index (χ0v) is 12.8. The van der Waals surface area contributed by atoms with Crippen molar-refractivity contribution in [2.24, 2.45) is 11.7 Å². The molecule has 2 N–H and O–H groups in total. The van der Waals surface area contributed by atoms with E-state index in [1.807, 2.05) is 6.92 Å².